The molecule has 1 aliphatic heterocycles. The van der Waals surface area contributed by atoms with Crippen molar-refractivity contribution in [2.75, 3.05) is 6.54 Å². The summed E-state index contributed by atoms with van der Waals surface area (Å²) in [6.45, 7) is 3.05. The first kappa shape index (κ1) is 16.5. The van der Waals surface area contributed by atoms with E-state index >= 15 is 0 Å². The van der Waals surface area contributed by atoms with Crippen LogP contribution >= 0.6 is 11.5 Å². The minimum absolute atomic E-state index is 0.134. The van der Waals surface area contributed by atoms with Crippen LogP contribution < -0.4 is 0 Å². The lowest BCUT2D eigenvalue weighted by atomic mass is 10.1. The van der Waals surface area contributed by atoms with Crippen LogP contribution in [0.2, 0.25) is 0 Å². The minimum Gasteiger partial charge on any atom is -0.327 e. The molecule has 138 valence electrons. The summed E-state index contributed by atoms with van der Waals surface area (Å²) in [6.07, 6.45) is 2.32. The van der Waals surface area contributed by atoms with Gasteiger partial charge in [-0.15, -0.1) is 10.2 Å². The number of amides is 1. The largest absolute Gasteiger partial charge is 0.327 e. The van der Waals surface area contributed by atoms with Gasteiger partial charge in [-0.25, -0.2) is 9.37 Å². The molecule has 27 heavy (non-hydrogen) atoms. The molecule has 1 atom stereocenters. The van der Waals surface area contributed by atoms with Crippen molar-refractivity contribution < 1.29 is 9.18 Å². The van der Waals surface area contributed by atoms with Crippen molar-refractivity contribution >= 4 is 17.4 Å². The summed E-state index contributed by atoms with van der Waals surface area (Å²) in [7, 11) is 0. The molecule has 0 spiro atoms. The van der Waals surface area contributed by atoms with Crippen molar-refractivity contribution in [2.45, 2.75) is 38.3 Å². The van der Waals surface area contributed by atoms with Crippen molar-refractivity contribution in [1.82, 2.24) is 29.0 Å². The molecule has 0 radical (unpaired) electrons. The van der Waals surface area contributed by atoms with Gasteiger partial charge in [-0.3, -0.25) is 4.79 Å². The lowest BCUT2D eigenvalue weighted by molar-refractivity contribution is 0.0638. The Kier molecular flexibility index (Phi) is 3.78. The lowest BCUT2D eigenvalue weighted by Gasteiger charge is -2.33. The van der Waals surface area contributed by atoms with Crippen LogP contribution in [0, 0.1) is 5.82 Å². The van der Waals surface area contributed by atoms with Crippen molar-refractivity contribution in [2.24, 2.45) is 0 Å². The number of carbonyl (C=O) groups excluding carboxylic acids is 1. The molecular formula is C18H17FN6OS. The molecule has 0 unspecified atom stereocenters. The Balaban J connectivity index is 1.42. The molecule has 5 rings (SSSR count). The zero-order valence-corrected chi connectivity index (χ0v) is 15.5. The number of carbonyl (C=O) groups is 1. The number of hydrogen-bond acceptors (Lipinski definition) is 6. The normalized spacial score (nSPS) is 19.2. The molecule has 7 nitrogen and oxygen atoms in total. The van der Waals surface area contributed by atoms with Gasteiger partial charge in [-0.1, -0.05) is 0 Å². The SMILES string of the molecule is C[C@@H]1c2nnc(-c3nc(C4CC4)ns3)n2CCN1C(=O)c1ccc(F)cc1. The highest BCUT2D eigenvalue weighted by molar-refractivity contribution is 7.09. The molecular weight excluding hydrogens is 367 g/mol. The number of hydrogen-bond donors (Lipinski definition) is 0. The molecule has 1 saturated carbocycles. The van der Waals surface area contributed by atoms with E-state index in [4.69, 9.17) is 0 Å². The van der Waals surface area contributed by atoms with E-state index in [1.807, 2.05) is 11.5 Å². The monoisotopic (exact) mass is 384 g/mol. The molecule has 1 fully saturated rings. The number of fused-ring (bicyclic) bond motifs is 1. The van der Waals surface area contributed by atoms with E-state index in [1.165, 1.54) is 35.8 Å². The Labute approximate surface area is 159 Å². The van der Waals surface area contributed by atoms with Crippen LogP contribution in [0.15, 0.2) is 24.3 Å². The second-order valence-electron chi connectivity index (χ2n) is 6.95. The molecule has 0 bridgehead atoms. The summed E-state index contributed by atoms with van der Waals surface area (Å²) in [5.74, 6) is 2.37. The van der Waals surface area contributed by atoms with E-state index < -0.39 is 0 Å². The molecule has 2 aliphatic rings. The van der Waals surface area contributed by atoms with Gasteiger partial charge in [-0.05, 0) is 55.6 Å². The summed E-state index contributed by atoms with van der Waals surface area (Å²) >= 11 is 1.35. The number of rotatable bonds is 3. The smallest absolute Gasteiger partial charge is 0.254 e. The van der Waals surface area contributed by atoms with Gasteiger partial charge in [0.05, 0.1) is 6.04 Å². The topological polar surface area (TPSA) is 76.8 Å². The van der Waals surface area contributed by atoms with Crippen LogP contribution in [0.3, 0.4) is 0 Å². The Morgan fingerprint density at radius 3 is 2.70 bits per heavy atom. The first-order valence-electron chi connectivity index (χ1n) is 8.95. The minimum atomic E-state index is -0.356. The summed E-state index contributed by atoms with van der Waals surface area (Å²) in [5, 5.41) is 9.42. The average molecular weight is 384 g/mol. The van der Waals surface area contributed by atoms with E-state index in [2.05, 4.69) is 19.6 Å². The lowest BCUT2D eigenvalue weighted by Crippen LogP contribution is -2.41. The Bertz CT molecular complexity index is 1010. The zero-order valence-electron chi connectivity index (χ0n) is 14.7. The fourth-order valence-corrected chi connectivity index (χ4v) is 4.15. The Morgan fingerprint density at radius 1 is 1.19 bits per heavy atom. The first-order valence-corrected chi connectivity index (χ1v) is 9.73. The van der Waals surface area contributed by atoms with Crippen LogP contribution in [0.25, 0.3) is 10.8 Å². The first-order chi connectivity index (χ1) is 13.1. The van der Waals surface area contributed by atoms with Crippen LogP contribution in [0.4, 0.5) is 4.39 Å². The quantitative estimate of drug-likeness (QED) is 0.694. The maximum Gasteiger partial charge on any atom is 0.254 e. The van der Waals surface area contributed by atoms with E-state index in [-0.39, 0.29) is 17.8 Å². The fourth-order valence-electron chi connectivity index (χ4n) is 3.41. The van der Waals surface area contributed by atoms with E-state index in [0.717, 1.165) is 35.3 Å². The standard InChI is InChI=1S/C18H17FN6OS/c1-10-15-21-22-16(17-20-14(23-27-17)11-2-3-11)25(15)9-8-24(10)18(26)12-4-6-13(19)7-5-12/h4-7,10-11H,2-3,8-9H2,1H3/t10-/m1/s1. The van der Waals surface area contributed by atoms with Gasteiger partial charge >= 0.3 is 0 Å². The van der Waals surface area contributed by atoms with Crippen molar-refractivity contribution in [3.05, 3.63) is 47.3 Å². The van der Waals surface area contributed by atoms with Gasteiger partial charge in [0.2, 0.25) is 0 Å². The Hall–Kier alpha value is -2.68. The third kappa shape index (κ3) is 2.82. The van der Waals surface area contributed by atoms with Crippen LogP contribution in [-0.2, 0) is 6.54 Å². The molecule has 1 aliphatic carbocycles. The van der Waals surface area contributed by atoms with E-state index in [1.54, 1.807) is 4.90 Å². The maximum atomic E-state index is 13.1. The molecule has 1 aromatic carbocycles. The number of aromatic nitrogens is 5. The molecule has 1 amide bonds. The molecule has 3 aromatic rings. The summed E-state index contributed by atoms with van der Waals surface area (Å²) in [4.78, 5) is 19.2. The predicted octanol–water partition coefficient (Wildman–Crippen LogP) is 3.03. The number of benzene rings is 1. The molecule has 0 N–H and O–H groups in total. The third-order valence-electron chi connectivity index (χ3n) is 5.11. The van der Waals surface area contributed by atoms with Crippen molar-refractivity contribution in [3.8, 4) is 10.8 Å². The fraction of sp³-hybridized carbons (Fsp3) is 0.389. The maximum absolute atomic E-state index is 13.1. The summed E-state index contributed by atoms with van der Waals surface area (Å²) < 4.78 is 19.6. The second kappa shape index (κ2) is 6.19. The average Bonchev–Trinajstić information content (AvgIpc) is 3.24. The van der Waals surface area contributed by atoms with Crippen LogP contribution in [-0.4, -0.2) is 41.5 Å². The van der Waals surface area contributed by atoms with Crippen molar-refractivity contribution in [1.29, 1.82) is 0 Å². The Morgan fingerprint density at radius 2 is 1.96 bits per heavy atom. The van der Waals surface area contributed by atoms with Gasteiger partial charge in [0.1, 0.15) is 11.6 Å². The highest BCUT2D eigenvalue weighted by Crippen LogP contribution is 2.40. The van der Waals surface area contributed by atoms with Gasteiger partial charge in [-0.2, -0.15) is 4.37 Å². The van der Waals surface area contributed by atoms with Crippen LogP contribution in [0.5, 0.6) is 0 Å². The van der Waals surface area contributed by atoms with E-state index in [0.29, 0.717) is 24.6 Å². The second-order valence-corrected chi connectivity index (χ2v) is 7.70. The highest BCUT2D eigenvalue weighted by Gasteiger charge is 2.34. The van der Waals surface area contributed by atoms with Gasteiger partial charge in [0, 0.05) is 24.6 Å². The van der Waals surface area contributed by atoms with Crippen LogP contribution in [0.1, 0.15) is 53.7 Å². The molecule has 3 heterocycles. The molecule has 0 saturated heterocycles. The third-order valence-corrected chi connectivity index (χ3v) is 5.84. The number of nitrogens with zero attached hydrogens (tertiary/aromatic N) is 6. The summed E-state index contributed by atoms with van der Waals surface area (Å²) in [6, 6.07) is 5.39. The van der Waals surface area contributed by atoms with Crippen molar-refractivity contribution in [3.63, 3.8) is 0 Å². The molecule has 2 aromatic heterocycles. The summed E-state index contributed by atoms with van der Waals surface area (Å²) in [5.41, 5.74) is 0.467. The number of halogens is 1. The predicted molar refractivity (Wildman–Crippen MR) is 96.8 cm³/mol. The van der Waals surface area contributed by atoms with Gasteiger partial charge < -0.3 is 9.47 Å². The van der Waals surface area contributed by atoms with E-state index in [9.17, 15) is 9.18 Å². The molecule has 9 heteroatoms. The zero-order chi connectivity index (χ0) is 18.5. The van der Waals surface area contributed by atoms with Gasteiger partial charge in [0.15, 0.2) is 16.7 Å². The van der Waals surface area contributed by atoms with Gasteiger partial charge in [0.25, 0.3) is 5.91 Å². The highest BCUT2D eigenvalue weighted by atomic mass is 32.1.